The summed E-state index contributed by atoms with van der Waals surface area (Å²) in [4.78, 5) is 0. The Morgan fingerprint density at radius 3 is 1.33 bits per heavy atom. The van der Waals surface area contributed by atoms with Gasteiger partial charge < -0.3 is 10.2 Å². The maximum absolute atomic E-state index is 7.62. The van der Waals surface area contributed by atoms with E-state index in [0.717, 1.165) is 0 Å². The van der Waals surface area contributed by atoms with Gasteiger partial charge in [0.25, 0.3) is 0 Å². The van der Waals surface area contributed by atoms with Crippen LogP contribution >= 0.6 is 0 Å². The molecule has 2 nitrogen and oxygen atoms in total. The highest BCUT2D eigenvalue weighted by Crippen LogP contribution is 1.39. The van der Waals surface area contributed by atoms with Gasteiger partial charge in [0, 0.05) is 0 Å². The summed E-state index contributed by atoms with van der Waals surface area (Å²) in [5.74, 6) is 0. The van der Waals surface area contributed by atoms with E-state index in [-0.39, 0.29) is 13.2 Å². The normalized spacial score (nSPS) is 5.22. The molecule has 2 heteroatoms. The van der Waals surface area contributed by atoms with E-state index in [9.17, 15) is 0 Å². The summed E-state index contributed by atoms with van der Waals surface area (Å²) in [6.07, 6.45) is 1.75. The molecular weight excluding hydrogens is 116 g/mol. The van der Waals surface area contributed by atoms with Crippen LogP contribution in [0.15, 0.2) is 25.8 Å². The van der Waals surface area contributed by atoms with Gasteiger partial charge in [-0.05, 0) is 6.92 Å². The molecule has 0 amide bonds. The molecule has 0 radical (unpaired) electrons. The molecule has 56 valence electrons. The van der Waals surface area contributed by atoms with Crippen LogP contribution in [0.25, 0.3) is 0 Å². The second kappa shape index (κ2) is 52.6. The predicted molar refractivity (Wildman–Crippen MR) is 41.3 cm³/mol. The van der Waals surface area contributed by atoms with E-state index in [2.05, 4.69) is 19.7 Å². The van der Waals surface area contributed by atoms with Crippen molar-refractivity contribution in [1.82, 2.24) is 0 Å². The fourth-order valence-electron chi connectivity index (χ4n) is 0. The third-order valence-corrected chi connectivity index (χ3v) is 0.1000. The van der Waals surface area contributed by atoms with Gasteiger partial charge in [-0.15, -0.1) is 19.7 Å². The zero-order valence-corrected chi connectivity index (χ0v) is 6.01. The fraction of sp³-hybridized carbons (Fsp3) is 0.429. The Balaban J connectivity index is -0.0000000646. The van der Waals surface area contributed by atoms with Crippen molar-refractivity contribution in [1.29, 1.82) is 0 Å². The van der Waals surface area contributed by atoms with Crippen molar-refractivity contribution >= 4 is 0 Å². The van der Waals surface area contributed by atoms with Crippen molar-refractivity contribution in [3.8, 4) is 0 Å². The van der Waals surface area contributed by atoms with Crippen LogP contribution < -0.4 is 0 Å². The molecule has 0 heterocycles. The van der Waals surface area contributed by atoms with Gasteiger partial charge in [-0.2, -0.15) is 0 Å². The molecule has 0 atom stereocenters. The number of aliphatic hydroxyl groups is 2. The topological polar surface area (TPSA) is 40.5 Å². The zero-order chi connectivity index (χ0) is 8.12. The van der Waals surface area contributed by atoms with Crippen LogP contribution in [0.1, 0.15) is 6.92 Å². The SMILES string of the molecule is C=C.C=CC.OCCO. The molecule has 2 N–H and O–H groups in total. The molecule has 0 saturated carbocycles. The summed E-state index contributed by atoms with van der Waals surface area (Å²) in [5, 5.41) is 15.2. The van der Waals surface area contributed by atoms with Gasteiger partial charge in [0.05, 0.1) is 13.2 Å². The number of aliphatic hydroxyl groups excluding tert-OH is 2. The summed E-state index contributed by atoms with van der Waals surface area (Å²) in [7, 11) is 0. The van der Waals surface area contributed by atoms with Crippen molar-refractivity contribution < 1.29 is 10.2 Å². The third-order valence-electron chi connectivity index (χ3n) is 0.1000. The molecule has 0 aromatic rings. The highest BCUT2D eigenvalue weighted by Gasteiger charge is 1.58. The lowest BCUT2D eigenvalue weighted by Crippen LogP contribution is -1.85. The van der Waals surface area contributed by atoms with Gasteiger partial charge in [0.15, 0.2) is 0 Å². The molecule has 0 aliphatic heterocycles. The molecular formula is C7H16O2. The lowest BCUT2D eigenvalue weighted by atomic mass is 10.8. The van der Waals surface area contributed by atoms with E-state index in [1.54, 1.807) is 6.08 Å². The number of allylic oxidation sites excluding steroid dienone is 1. The molecule has 0 saturated heterocycles. The van der Waals surface area contributed by atoms with Crippen molar-refractivity contribution in [2.24, 2.45) is 0 Å². The lowest BCUT2D eigenvalue weighted by molar-refractivity contribution is 0.186. The predicted octanol–water partition coefficient (Wildman–Crippen LogP) is 0.965. The average molecular weight is 132 g/mol. The van der Waals surface area contributed by atoms with Gasteiger partial charge in [-0.3, -0.25) is 0 Å². The second-order valence-corrected chi connectivity index (χ2v) is 0.855. The van der Waals surface area contributed by atoms with Crippen LogP contribution in [0.5, 0.6) is 0 Å². The number of rotatable bonds is 1. The number of hydrogen-bond donors (Lipinski definition) is 2. The summed E-state index contributed by atoms with van der Waals surface area (Å²) in [5.41, 5.74) is 0. The smallest absolute Gasteiger partial charge is 0.0662 e. The van der Waals surface area contributed by atoms with E-state index >= 15 is 0 Å². The summed E-state index contributed by atoms with van der Waals surface area (Å²) in [6.45, 7) is 11.0. The molecule has 9 heavy (non-hydrogen) atoms. The first-order valence-corrected chi connectivity index (χ1v) is 2.62. The number of hydrogen-bond acceptors (Lipinski definition) is 2. The van der Waals surface area contributed by atoms with Crippen LogP contribution in [0, 0.1) is 0 Å². The Hall–Kier alpha value is -0.600. The van der Waals surface area contributed by atoms with Gasteiger partial charge >= 0.3 is 0 Å². The first kappa shape index (κ1) is 15.8. The van der Waals surface area contributed by atoms with Crippen molar-refractivity contribution in [2.45, 2.75) is 6.92 Å². The van der Waals surface area contributed by atoms with Gasteiger partial charge in [-0.25, -0.2) is 0 Å². The molecule has 0 unspecified atom stereocenters. The summed E-state index contributed by atoms with van der Waals surface area (Å²) < 4.78 is 0. The highest BCUT2D eigenvalue weighted by atomic mass is 16.3. The monoisotopic (exact) mass is 132 g/mol. The zero-order valence-electron chi connectivity index (χ0n) is 6.01. The first-order chi connectivity index (χ1) is 4.33. The van der Waals surface area contributed by atoms with Crippen LogP contribution in [0.2, 0.25) is 0 Å². The van der Waals surface area contributed by atoms with Crippen molar-refractivity contribution in [3.63, 3.8) is 0 Å². The molecule has 0 rings (SSSR count). The molecule has 0 aliphatic carbocycles. The standard InChI is InChI=1S/C3H6.C2H6O2.C2H4/c1-3-2;3-1-2-4;1-2/h3H,1H2,2H3;3-4H,1-2H2;1-2H2. The molecule has 0 aliphatic rings. The van der Waals surface area contributed by atoms with Crippen LogP contribution in [0.4, 0.5) is 0 Å². The molecule has 0 spiro atoms. The third kappa shape index (κ3) is 1350. The van der Waals surface area contributed by atoms with Gasteiger partial charge in [0.2, 0.25) is 0 Å². The minimum Gasteiger partial charge on any atom is -0.394 e. The second-order valence-electron chi connectivity index (χ2n) is 0.855. The Labute approximate surface area is 57.1 Å². The van der Waals surface area contributed by atoms with E-state index < -0.39 is 0 Å². The van der Waals surface area contributed by atoms with Crippen molar-refractivity contribution in [2.75, 3.05) is 13.2 Å². The largest absolute Gasteiger partial charge is 0.394 e. The Morgan fingerprint density at radius 1 is 1.22 bits per heavy atom. The minimum absolute atomic E-state index is 0.125. The first-order valence-electron chi connectivity index (χ1n) is 2.62. The molecule has 0 bridgehead atoms. The maximum atomic E-state index is 7.62. The van der Waals surface area contributed by atoms with Gasteiger partial charge in [0.1, 0.15) is 0 Å². The molecule has 0 fully saturated rings. The van der Waals surface area contributed by atoms with Crippen LogP contribution in [-0.2, 0) is 0 Å². The van der Waals surface area contributed by atoms with Crippen LogP contribution in [0.3, 0.4) is 0 Å². The maximum Gasteiger partial charge on any atom is 0.0662 e. The van der Waals surface area contributed by atoms with E-state index in [0.29, 0.717) is 0 Å². The highest BCUT2D eigenvalue weighted by molar-refractivity contribution is 4.51. The lowest BCUT2D eigenvalue weighted by Gasteiger charge is -1.70. The average Bonchev–Trinajstić information content (AvgIpc) is 1.94. The van der Waals surface area contributed by atoms with E-state index in [4.69, 9.17) is 10.2 Å². The molecule has 0 aromatic heterocycles. The Bertz CT molecular complexity index is 33.9. The fourth-order valence-corrected chi connectivity index (χ4v) is 0. The quantitative estimate of drug-likeness (QED) is 0.522. The molecule has 0 aromatic carbocycles. The summed E-state index contributed by atoms with van der Waals surface area (Å²) >= 11 is 0. The Kier molecular flexibility index (Phi) is 92.2. The van der Waals surface area contributed by atoms with Crippen LogP contribution in [-0.4, -0.2) is 23.4 Å². The van der Waals surface area contributed by atoms with E-state index in [1.807, 2.05) is 6.92 Å². The van der Waals surface area contributed by atoms with E-state index in [1.165, 1.54) is 0 Å². The van der Waals surface area contributed by atoms with Crippen molar-refractivity contribution in [3.05, 3.63) is 25.8 Å². The Morgan fingerprint density at radius 2 is 1.33 bits per heavy atom. The summed E-state index contributed by atoms with van der Waals surface area (Å²) in [6, 6.07) is 0. The minimum atomic E-state index is -0.125. The van der Waals surface area contributed by atoms with Gasteiger partial charge in [-0.1, -0.05) is 6.08 Å².